The fourth-order valence-electron chi connectivity index (χ4n) is 2.46. The first-order valence-corrected chi connectivity index (χ1v) is 6.77. The van der Waals surface area contributed by atoms with E-state index in [0.29, 0.717) is 17.8 Å². The van der Waals surface area contributed by atoms with Gasteiger partial charge in [0, 0.05) is 43.4 Å². The van der Waals surface area contributed by atoms with Crippen molar-refractivity contribution < 1.29 is 22.0 Å². The average Bonchev–Trinajstić information content (AvgIpc) is 2.49. The number of alkyl halides is 3. The molecule has 9 heteroatoms. The highest BCUT2D eigenvalue weighted by Crippen LogP contribution is 2.28. The summed E-state index contributed by atoms with van der Waals surface area (Å²) < 4.78 is 65.0. The third-order valence-electron chi connectivity index (χ3n) is 3.60. The smallest absolute Gasteiger partial charge is 0.294 e. The maximum Gasteiger partial charge on any atom is 0.451 e. The van der Waals surface area contributed by atoms with Crippen LogP contribution in [-0.4, -0.2) is 26.4 Å². The monoisotopic (exact) mass is 330 g/mol. The SMILES string of the molecule is Fc1cncc(F)c1CN1CCc2nc(C(F)(F)F)ncc2C1. The highest BCUT2D eigenvalue weighted by atomic mass is 19.4. The zero-order valence-corrected chi connectivity index (χ0v) is 11.7. The summed E-state index contributed by atoms with van der Waals surface area (Å²) >= 11 is 0. The molecule has 0 fully saturated rings. The van der Waals surface area contributed by atoms with Gasteiger partial charge in [0.25, 0.3) is 0 Å². The second kappa shape index (κ2) is 5.80. The lowest BCUT2D eigenvalue weighted by Gasteiger charge is -2.28. The Morgan fingerprint density at radius 1 is 1.09 bits per heavy atom. The lowest BCUT2D eigenvalue weighted by molar-refractivity contribution is -0.145. The van der Waals surface area contributed by atoms with Crippen LogP contribution in [0.1, 0.15) is 22.6 Å². The maximum absolute atomic E-state index is 13.6. The molecular weight excluding hydrogens is 319 g/mol. The largest absolute Gasteiger partial charge is 0.451 e. The molecule has 0 atom stereocenters. The van der Waals surface area contributed by atoms with Crippen LogP contribution < -0.4 is 0 Å². The van der Waals surface area contributed by atoms with Crippen LogP contribution in [0.15, 0.2) is 18.6 Å². The van der Waals surface area contributed by atoms with Crippen molar-refractivity contribution in [3.63, 3.8) is 0 Å². The van der Waals surface area contributed by atoms with Gasteiger partial charge in [0.05, 0.1) is 18.1 Å². The Labute approximate surface area is 128 Å². The van der Waals surface area contributed by atoms with Crippen LogP contribution in [0.2, 0.25) is 0 Å². The fraction of sp³-hybridized carbons (Fsp3) is 0.357. The molecule has 0 saturated heterocycles. The minimum atomic E-state index is -4.59. The van der Waals surface area contributed by atoms with E-state index in [9.17, 15) is 22.0 Å². The van der Waals surface area contributed by atoms with Crippen molar-refractivity contribution in [2.75, 3.05) is 6.54 Å². The normalized spacial score (nSPS) is 15.5. The second-order valence-electron chi connectivity index (χ2n) is 5.21. The summed E-state index contributed by atoms with van der Waals surface area (Å²) in [6.07, 6.45) is -1.36. The van der Waals surface area contributed by atoms with Crippen molar-refractivity contribution in [3.8, 4) is 0 Å². The van der Waals surface area contributed by atoms with Crippen molar-refractivity contribution in [2.24, 2.45) is 0 Å². The summed E-state index contributed by atoms with van der Waals surface area (Å²) in [5.74, 6) is -2.67. The Morgan fingerprint density at radius 3 is 2.43 bits per heavy atom. The van der Waals surface area contributed by atoms with Crippen molar-refractivity contribution in [3.05, 3.63) is 52.9 Å². The highest BCUT2D eigenvalue weighted by molar-refractivity contribution is 5.22. The molecule has 2 aromatic rings. The standard InChI is InChI=1S/C14H11F5N4/c15-10-4-20-5-11(16)9(10)7-23-2-1-12-8(6-23)3-21-13(22-12)14(17,18)19/h3-5H,1-2,6-7H2. The molecule has 0 bridgehead atoms. The molecule has 0 spiro atoms. The number of nitrogens with zero attached hydrogens (tertiary/aromatic N) is 4. The lowest BCUT2D eigenvalue weighted by atomic mass is 10.1. The Balaban J connectivity index is 1.79. The quantitative estimate of drug-likeness (QED) is 0.794. The Hall–Kier alpha value is -2.16. The van der Waals surface area contributed by atoms with Gasteiger partial charge in [0.1, 0.15) is 11.6 Å². The number of pyridine rings is 1. The molecule has 23 heavy (non-hydrogen) atoms. The molecule has 1 aliphatic rings. The minimum Gasteiger partial charge on any atom is -0.294 e. The third-order valence-corrected chi connectivity index (χ3v) is 3.60. The molecule has 0 unspecified atom stereocenters. The Bertz CT molecular complexity index is 711. The molecule has 0 saturated carbocycles. The summed E-state index contributed by atoms with van der Waals surface area (Å²) in [6.45, 7) is 0.581. The van der Waals surface area contributed by atoms with E-state index in [0.717, 1.165) is 18.6 Å². The molecule has 3 rings (SSSR count). The van der Waals surface area contributed by atoms with Crippen molar-refractivity contribution in [1.29, 1.82) is 0 Å². The van der Waals surface area contributed by atoms with Crippen LogP contribution in [0.3, 0.4) is 0 Å². The molecule has 0 amide bonds. The molecule has 0 N–H and O–H groups in total. The molecular formula is C14H11F5N4. The summed E-state index contributed by atoms with van der Waals surface area (Å²) in [5.41, 5.74) is 0.731. The number of aromatic nitrogens is 3. The fourth-order valence-corrected chi connectivity index (χ4v) is 2.46. The number of halogens is 5. The van der Waals surface area contributed by atoms with Crippen LogP contribution in [0.4, 0.5) is 22.0 Å². The van der Waals surface area contributed by atoms with Gasteiger partial charge in [0.2, 0.25) is 5.82 Å². The Kier molecular flexibility index (Phi) is 3.97. The molecule has 0 radical (unpaired) electrons. The molecule has 0 aromatic carbocycles. The van der Waals surface area contributed by atoms with E-state index in [2.05, 4.69) is 15.0 Å². The van der Waals surface area contributed by atoms with Gasteiger partial charge in [0.15, 0.2) is 0 Å². The van der Waals surface area contributed by atoms with E-state index in [4.69, 9.17) is 0 Å². The molecule has 122 valence electrons. The van der Waals surface area contributed by atoms with Crippen molar-refractivity contribution in [2.45, 2.75) is 25.7 Å². The zero-order valence-electron chi connectivity index (χ0n) is 11.7. The van der Waals surface area contributed by atoms with E-state index < -0.39 is 23.6 Å². The zero-order chi connectivity index (χ0) is 16.6. The molecule has 2 aromatic heterocycles. The van der Waals surface area contributed by atoms with Gasteiger partial charge in [-0.3, -0.25) is 9.88 Å². The molecule has 1 aliphatic heterocycles. The molecule has 4 nitrogen and oxygen atoms in total. The van der Waals surface area contributed by atoms with Crippen LogP contribution in [0.25, 0.3) is 0 Å². The first-order chi connectivity index (χ1) is 10.8. The summed E-state index contributed by atoms with van der Waals surface area (Å²) in [5, 5.41) is 0. The van der Waals surface area contributed by atoms with E-state index in [-0.39, 0.29) is 25.1 Å². The molecule has 3 heterocycles. The molecule has 0 aliphatic carbocycles. The summed E-state index contributed by atoms with van der Waals surface area (Å²) in [7, 11) is 0. The van der Waals surface area contributed by atoms with Crippen LogP contribution in [0, 0.1) is 11.6 Å². The van der Waals surface area contributed by atoms with Crippen molar-refractivity contribution in [1.82, 2.24) is 19.9 Å². The topological polar surface area (TPSA) is 41.9 Å². The second-order valence-corrected chi connectivity index (χ2v) is 5.21. The van der Waals surface area contributed by atoms with Crippen LogP contribution in [0.5, 0.6) is 0 Å². The van der Waals surface area contributed by atoms with Gasteiger partial charge in [-0.25, -0.2) is 18.7 Å². The van der Waals surface area contributed by atoms with E-state index in [1.165, 1.54) is 0 Å². The van der Waals surface area contributed by atoms with Crippen molar-refractivity contribution >= 4 is 0 Å². The van der Waals surface area contributed by atoms with Gasteiger partial charge in [-0.15, -0.1) is 0 Å². The lowest BCUT2D eigenvalue weighted by Crippen LogP contribution is -2.32. The van der Waals surface area contributed by atoms with E-state index >= 15 is 0 Å². The van der Waals surface area contributed by atoms with Gasteiger partial charge < -0.3 is 0 Å². The minimum absolute atomic E-state index is 0.000644. The van der Waals surface area contributed by atoms with Gasteiger partial charge in [-0.2, -0.15) is 13.2 Å². The van der Waals surface area contributed by atoms with Gasteiger partial charge >= 0.3 is 6.18 Å². The number of hydrogen-bond acceptors (Lipinski definition) is 4. The predicted octanol–water partition coefficient (Wildman–Crippen LogP) is 2.73. The number of rotatable bonds is 2. The summed E-state index contributed by atoms with van der Waals surface area (Å²) in [6, 6.07) is 0. The van der Waals surface area contributed by atoms with E-state index in [1.807, 2.05) is 0 Å². The maximum atomic E-state index is 13.6. The number of fused-ring (bicyclic) bond motifs is 1. The Morgan fingerprint density at radius 2 is 1.78 bits per heavy atom. The first-order valence-electron chi connectivity index (χ1n) is 6.77. The third kappa shape index (κ3) is 3.29. The van der Waals surface area contributed by atoms with Crippen LogP contribution in [-0.2, 0) is 25.7 Å². The summed E-state index contributed by atoms with van der Waals surface area (Å²) in [4.78, 5) is 12.0. The van der Waals surface area contributed by atoms with Crippen LogP contribution >= 0.6 is 0 Å². The first kappa shape index (κ1) is 15.7. The predicted molar refractivity (Wildman–Crippen MR) is 69.0 cm³/mol. The van der Waals surface area contributed by atoms with E-state index in [1.54, 1.807) is 4.90 Å². The number of hydrogen-bond donors (Lipinski definition) is 0. The highest BCUT2D eigenvalue weighted by Gasteiger charge is 2.35. The van der Waals surface area contributed by atoms with Gasteiger partial charge in [-0.1, -0.05) is 0 Å². The van der Waals surface area contributed by atoms with Gasteiger partial charge in [-0.05, 0) is 0 Å². The average molecular weight is 330 g/mol.